The fourth-order valence-electron chi connectivity index (χ4n) is 1.71. The van der Waals surface area contributed by atoms with E-state index in [0.717, 1.165) is 18.9 Å². The van der Waals surface area contributed by atoms with Crippen LogP contribution < -0.4 is 10.2 Å². The van der Waals surface area contributed by atoms with E-state index in [-0.39, 0.29) is 18.0 Å². The molecule has 0 saturated heterocycles. The minimum absolute atomic E-state index is 0.105. The molecular formula is C13H15FN2O2. The van der Waals surface area contributed by atoms with Gasteiger partial charge in [0.15, 0.2) is 0 Å². The van der Waals surface area contributed by atoms with Crippen molar-refractivity contribution in [2.45, 2.75) is 18.9 Å². The van der Waals surface area contributed by atoms with Crippen LogP contribution in [-0.2, 0) is 4.79 Å². The van der Waals surface area contributed by atoms with E-state index in [4.69, 9.17) is 0 Å². The van der Waals surface area contributed by atoms with Crippen LogP contribution in [0.5, 0.6) is 0 Å². The second-order valence-electron chi connectivity index (χ2n) is 4.53. The van der Waals surface area contributed by atoms with Gasteiger partial charge in [0.25, 0.3) is 0 Å². The first-order valence-electron chi connectivity index (χ1n) is 5.85. The highest BCUT2D eigenvalue weighted by molar-refractivity contribution is 5.82. The van der Waals surface area contributed by atoms with Gasteiger partial charge in [0.2, 0.25) is 5.91 Å². The lowest BCUT2D eigenvalue weighted by atomic mass is 10.2. The molecule has 5 heteroatoms. The van der Waals surface area contributed by atoms with Gasteiger partial charge in [-0.1, -0.05) is 0 Å². The van der Waals surface area contributed by atoms with E-state index in [9.17, 15) is 14.0 Å². The molecule has 0 unspecified atom stereocenters. The summed E-state index contributed by atoms with van der Waals surface area (Å²) in [6, 6.07) is 4.50. The van der Waals surface area contributed by atoms with Gasteiger partial charge in [-0.3, -0.25) is 9.59 Å². The maximum Gasteiger partial charge on any atom is 0.239 e. The Kier molecular flexibility index (Phi) is 3.60. The van der Waals surface area contributed by atoms with E-state index >= 15 is 0 Å². The number of anilines is 1. The first kappa shape index (κ1) is 12.5. The quantitative estimate of drug-likeness (QED) is 0.803. The zero-order chi connectivity index (χ0) is 13.1. The number of hydrogen-bond donors (Lipinski definition) is 1. The Morgan fingerprint density at radius 3 is 2.83 bits per heavy atom. The second-order valence-corrected chi connectivity index (χ2v) is 4.53. The third-order valence-electron chi connectivity index (χ3n) is 2.84. The van der Waals surface area contributed by atoms with Gasteiger partial charge in [-0.2, -0.15) is 0 Å². The van der Waals surface area contributed by atoms with Gasteiger partial charge in [-0.15, -0.1) is 0 Å². The Hall–Kier alpha value is -1.91. The van der Waals surface area contributed by atoms with Gasteiger partial charge in [-0.05, 0) is 31.0 Å². The van der Waals surface area contributed by atoms with E-state index in [1.807, 2.05) is 0 Å². The number of halogens is 1. The third kappa shape index (κ3) is 3.06. The molecule has 18 heavy (non-hydrogen) atoms. The van der Waals surface area contributed by atoms with Crippen LogP contribution in [-0.4, -0.2) is 31.8 Å². The van der Waals surface area contributed by atoms with Gasteiger partial charge >= 0.3 is 0 Å². The third-order valence-corrected chi connectivity index (χ3v) is 2.84. The van der Waals surface area contributed by atoms with Crippen LogP contribution in [0.15, 0.2) is 18.2 Å². The molecule has 1 aromatic carbocycles. The molecule has 1 aliphatic carbocycles. The van der Waals surface area contributed by atoms with Crippen molar-refractivity contribution in [1.29, 1.82) is 0 Å². The topological polar surface area (TPSA) is 49.4 Å². The Morgan fingerprint density at radius 1 is 1.56 bits per heavy atom. The van der Waals surface area contributed by atoms with Gasteiger partial charge in [0.1, 0.15) is 12.1 Å². The Bertz CT molecular complexity index is 472. The zero-order valence-electron chi connectivity index (χ0n) is 10.1. The van der Waals surface area contributed by atoms with Crippen LogP contribution in [0, 0.1) is 5.82 Å². The van der Waals surface area contributed by atoms with Crippen LogP contribution in [0.2, 0.25) is 0 Å². The second kappa shape index (κ2) is 5.16. The van der Waals surface area contributed by atoms with Gasteiger partial charge < -0.3 is 10.2 Å². The van der Waals surface area contributed by atoms with Crippen molar-refractivity contribution in [3.63, 3.8) is 0 Å². The number of aldehydes is 1. The maximum absolute atomic E-state index is 13.7. The van der Waals surface area contributed by atoms with Crippen molar-refractivity contribution in [3.8, 4) is 0 Å². The highest BCUT2D eigenvalue weighted by Gasteiger charge is 2.23. The Morgan fingerprint density at radius 2 is 2.28 bits per heavy atom. The molecule has 0 aliphatic heterocycles. The van der Waals surface area contributed by atoms with Crippen LogP contribution in [0.3, 0.4) is 0 Å². The molecule has 2 rings (SSSR count). The number of amides is 1. The van der Waals surface area contributed by atoms with E-state index in [1.165, 1.54) is 17.0 Å². The van der Waals surface area contributed by atoms with E-state index in [1.54, 1.807) is 7.05 Å². The summed E-state index contributed by atoms with van der Waals surface area (Å²) in [5.41, 5.74) is 0.596. The van der Waals surface area contributed by atoms with E-state index < -0.39 is 5.82 Å². The number of benzene rings is 1. The minimum atomic E-state index is -0.499. The van der Waals surface area contributed by atoms with Crippen molar-refractivity contribution >= 4 is 17.9 Å². The first-order chi connectivity index (χ1) is 8.60. The average Bonchev–Trinajstić information content (AvgIpc) is 3.12. The molecule has 4 nitrogen and oxygen atoms in total. The van der Waals surface area contributed by atoms with Crippen LogP contribution >= 0.6 is 0 Å². The fraction of sp³-hybridized carbons (Fsp3) is 0.385. The highest BCUT2D eigenvalue weighted by Crippen LogP contribution is 2.20. The molecule has 1 N–H and O–H groups in total. The molecule has 0 aromatic heterocycles. The summed E-state index contributed by atoms with van der Waals surface area (Å²) in [7, 11) is 1.64. The Labute approximate surface area is 105 Å². The monoisotopic (exact) mass is 250 g/mol. The number of nitrogens with zero attached hydrogens (tertiary/aromatic N) is 1. The summed E-state index contributed by atoms with van der Waals surface area (Å²) >= 11 is 0. The SMILES string of the molecule is CN(CC(=O)NC1CC1)c1ccc(C=O)cc1F. The molecule has 0 heterocycles. The molecule has 1 saturated carbocycles. The van der Waals surface area contributed by atoms with Crippen LogP contribution in [0.4, 0.5) is 10.1 Å². The summed E-state index contributed by atoms with van der Waals surface area (Å²) in [5, 5.41) is 2.84. The average molecular weight is 250 g/mol. The number of hydrogen-bond acceptors (Lipinski definition) is 3. The number of nitrogens with one attached hydrogen (secondary N) is 1. The summed E-state index contributed by atoms with van der Waals surface area (Å²) < 4.78 is 13.7. The van der Waals surface area contributed by atoms with Crippen molar-refractivity contribution in [3.05, 3.63) is 29.6 Å². The van der Waals surface area contributed by atoms with Crippen molar-refractivity contribution < 1.29 is 14.0 Å². The summed E-state index contributed by atoms with van der Waals surface area (Å²) in [6.45, 7) is 0.105. The van der Waals surface area contributed by atoms with Crippen molar-refractivity contribution in [1.82, 2.24) is 5.32 Å². The van der Waals surface area contributed by atoms with Crippen LogP contribution in [0.25, 0.3) is 0 Å². The summed E-state index contributed by atoms with van der Waals surface area (Å²) in [4.78, 5) is 23.6. The molecule has 1 amide bonds. The zero-order valence-corrected chi connectivity index (χ0v) is 10.1. The maximum atomic E-state index is 13.7. The number of carbonyl (C=O) groups is 2. The molecule has 1 aromatic rings. The number of likely N-dealkylation sites (N-methyl/N-ethyl adjacent to an activating group) is 1. The standard InChI is InChI=1S/C13H15FN2O2/c1-16(7-13(18)15-10-3-4-10)12-5-2-9(8-17)6-11(12)14/h2,5-6,8,10H,3-4,7H2,1H3,(H,15,18). The van der Waals surface area contributed by atoms with Gasteiger partial charge in [0, 0.05) is 18.7 Å². The molecule has 0 spiro atoms. The lowest BCUT2D eigenvalue weighted by Gasteiger charge is -2.19. The molecule has 96 valence electrons. The van der Waals surface area contributed by atoms with Crippen molar-refractivity contribution in [2.24, 2.45) is 0 Å². The normalized spacial score (nSPS) is 14.1. The minimum Gasteiger partial charge on any atom is -0.363 e. The highest BCUT2D eigenvalue weighted by atomic mass is 19.1. The molecular weight excluding hydrogens is 235 g/mol. The molecule has 0 bridgehead atoms. The predicted molar refractivity (Wildman–Crippen MR) is 66.2 cm³/mol. The largest absolute Gasteiger partial charge is 0.363 e. The smallest absolute Gasteiger partial charge is 0.239 e. The van der Waals surface area contributed by atoms with Crippen molar-refractivity contribution in [2.75, 3.05) is 18.5 Å². The lowest BCUT2D eigenvalue weighted by molar-refractivity contribution is -0.119. The number of rotatable bonds is 5. The fourth-order valence-corrected chi connectivity index (χ4v) is 1.71. The first-order valence-corrected chi connectivity index (χ1v) is 5.85. The number of carbonyl (C=O) groups excluding carboxylic acids is 2. The molecule has 0 atom stereocenters. The van der Waals surface area contributed by atoms with Gasteiger partial charge in [-0.25, -0.2) is 4.39 Å². The Balaban J connectivity index is 2.00. The van der Waals surface area contributed by atoms with Gasteiger partial charge in [0.05, 0.1) is 12.2 Å². The summed E-state index contributed by atoms with van der Waals surface area (Å²) in [5.74, 6) is -0.611. The van der Waals surface area contributed by atoms with E-state index in [0.29, 0.717) is 18.0 Å². The van der Waals surface area contributed by atoms with E-state index in [2.05, 4.69) is 5.32 Å². The predicted octanol–water partition coefficient (Wildman–Crippen LogP) is 1.35. The van der Waals surface area contributed by atoms with Crippen LogP contribution in [0.1, 0.15) is 23.2 Å². The molecule has 1 fully saturated rings. The summed E-state index contributed by atoms with van der Waals surface area (Å²) in [6.07, 6.45) is 2.64. The molecule has 1 aliphatic rings. The lowest BCUT2D eigenvalue weighted by Crippen LogP contribution is -2.36. The molecule has 0 radical (unpaired) electrons.